The van der Waals surface area contributed by atoms with Gasteiger partial charge in [0.1, 0.15) is 5.75 Å². The number of hydrogen-bond donors (Lipinski definition) is 1. The van der Waals surface area contributed by atoms with E-state index in [0.29, 0.717) is 23.8 Å². The first-order valence-electron chi connectivity index (χ1n) is 4.55. The molecule has 2 N–H and O–H groups in total. The predicted molar refractivity (Wildman–Crippen MR) is 59.9 cm³/mol. The summed E-state index contributed by atoms with van der Waals surface area (Å²) in [4.78, 5) is 0. The fourth-order valence-electron chi connectivity index (χ4n) is 1.00. The Morgan fingerprint density at radius 1 is 1.50 bits per heavy atom. The summed E-state index contributed by atoms with van der Waals surface area (Å²) in [5, 5.41) is 0. The average molecular weight is 213 g/mol. The van der Waals surface area contributed by atoms with Crippen molar-refractivity contribution in [2.24, 2.45) is 0 Å². The van der Waals surface area contributed by atoms with Crippen LogP contribution in [-0.2, 0) is 10.8 Å². The molecule has 0 radical (unpaired) electrons. The van der Waals surface area contributed by atoms with Crippen LogP contribution in [0.3, 0.4) is 0 Å². The second-order valence-corrected chi connectivity index (χ2v) is 4.72. The van der Waals surface area contributed by atoms with E-state index in [2.05, 4.69) is 0 Å². The van der Waals surface area contributed by atoms with E-state index in [4.69, 9.17) is 10.5 Å². The molecule has 0 spiro atoms. The number of nitrogens with two attached hydrogens (primary N) is 1. The van der Waals surface area contributed by atoms with Gasteiger partial charge in [0.05, 0.1) is 12.4 Å². The fraction of sp³-hybridized carbons (Fsp3) is 0.400. The van der Waals surface area contributed by atoms with Gasteiger partial charge >= 0.3 is 0 Å². The highest BCUT2D eigenvalue weighted by molar-refractivity contribution is 7.84. The van der Waals surface area contributed by atoms with Crippen LogP contribution in [-0.4, -0.2) is 22.3 Å². The Kier molecular flexibility index (Phi) is 4.46. The van der Waals surface area contributed by atoms with Crippen LogP contribution >= 0.6 is 0 Å². The third kappa shape index (κ3) is 3.79. The molecule has 0 saturated carbocycles. The number of nitrogen functional groups attached to an aromatic ring is 1. The minimum absolute atomic E-state index is 0.476. The van der Waals surface area contributed by atoms with E-state index in [1.165, 1.54) is 0 Å². The Morgan fingerprint density at radius 2 is 2.29 bits per heavy atom. The quantitative estimate of drug-likeness (QED) is 0.752. The lowest BCUT2D eigenvalue weighted by atomic mass is 10.3. The third-order valence-corrected chi connectivity index (χ3v) is 3.03. The summed E-state index contributed by atoms with van der Waals surface area (Å²) in [7, 11) is -0.762. The molecular formula is C10H15NO2S. The van der Waals surface area contributed by atoms with Crippen molar-refractivity contribution in [2.75, 3.05) is 23.8 Å². The van der Waals surface area contributed by atoms with E-state index in [1.54, 1.807) is 12.1 Å². The van der Waals surface area contributed by atoms with E-state index in [1.807, 2.05) is 19.1 Å². The molecule has 0 bridgehead atoms. The molecule has 1 aromatic rings. The number of hydrogen-bond acceptors (Lipinski definition) is 3. The highest BCUT2D eigenvalue weighted by Gasteiger charge is 1.97. The molecule has 78 valence electrons. The second-order valence-electron chi connectivity index (χ2n) is 2.85. The molecule has 1 rings (SSSR count). The fourth-order valence-corrected chi connectivity index (χ4v) is 1.56. The van der Waals surface area contributed by atoms with Crippen LogP contribution in [0.25, 0.3) is 0 Å². The summed E-state index contributed by atoms with van der Waals surface area (Å²) in [6, 6.07) is 7.23. The molecule has 0 aliphatic carbocycles. The van der Waals surface area contributed by atoms with Crippen molar-refractivity contribution >= 4 is 16.5 Å². The first-order valence-corrected chi connectivity index (χ1v) is 6.04. The third-order valence-electron chi connectivity index (χ3n) is 1.76. The van der Waals surface area contributed by atoms with Gasteiger partial charge in [0, 0.05) is 28.3 Å². The van der Waals surface area contributed by atoms with Crippen molar-refractivity contribution in [3.63, 3.8) is 0 Å². The van der Waals surface area contributed by atoms with Crippen LogP contribution in [0.4, 0.5) is 5.69 Å². The number of anilines is 1. The lowest BCUT2D eigenvalue weighted by molar-refractivity contribution is 0.343. The van der Waals surface area contributed by atoms with Crippen LogP contribution < -0.4 is 10.5 Å². The molecule has 14 heavy (non-hydrogen) atoms. The number of ether oxygens (including phenoxy) is 1. The zero-order valence-electron chi connectivity index (χ0n) is 8.23. The Bertz CT molecular complexity index is 315. The van der Waals surface area contributed by atoms with Crippen LogP contribution in [0, 0.1) is 0 Å². The highest BCUT2D eigenvalue weighted by atomic mass is 32.2. The molecule has 0 fully saturated rings. The molecule has 0 amide bonds. The Hall–Kier alpha value is -1.03. The van der Waals surface area contributed by atoms with Crippen molar-refractivity contribution in [1.82, 2.24) is 0 Å². The van der Waals surface area contributed by atoms with Gasteiger partial charge in [-0.15, -0.1) is 0 Å². The standard InChI is InChI=1S/C10H15NO2S/c1-2-14(12)7-6-13-10-5-3-4-9(11)8-10/h3-5,8H,2,6-7,11H2,1H3. The normalized spacial score (nSPS) is 12.4. The summed E-state index contributed by atoms with van der Waals surface area (Å²) >= 11 is 0. The monoisotopic (exact) mass is 213 g/mol. The van der Waals surface area contributed by atoms with Gasteiger partial charge in [0.2, 0.25) is 0 Å². The Balaban J connectivity index is 2.35. The molecule has 1 unspecified atom stereocenters. The zero-order chi connectivity index (χ0) is 10.4. The van der Waals surface area contributed by atoms with Gasteiger partial charge < -0.3 is 10.5 Å². The largest absolute Gasteiger partial charge is 0.493 e. The van der Waals surface area contributed by atoms with Crippen LogP contribution in [0.1, 0.15) is 6.92 Å². The lowest BCUT2D eigenvalue weighted by Gasteiger charge is -2.05. The summed E-state index contributed by atoms with van der Waals surface area (Å²) in [5.41, 5.74) is 6.26. The predicted octanol–water partition coefficient (Wildman–Crippen LogP) is 1.42. The molecule has 0 aromatic heterocycles. The molecular weight excluding hydrogens is 198 g/mol. The van der Waals surface area contributed by atoms with E-state index in [-0.39, 0.29) is 0 Å². The van der Waals surface area contributed by atoms with Crippen LogP contribution in [0.2, 0.25) is 0 Å². The minimum atomic E-state index is -0.762. The number of benzene rings is 1. The first-order chi connectivity index (χ1) is 6.72. The maximum absolute atomic E-state index is 11.1. The van der Waals surface area contributed by atoms with Crippen LogP contribution in [0.15, 0.2) is 24.3 Å². The molecule has 3 nitrogen and oxygen atoms in total. The highest BCUT2D eigenvalue weighted by Crippen LogP contribution is 2.13. The summed E-state index contributed by atoms with van der Waals surface area (Å²) in [6.45, 7) is 2.38. The maximum Gasteiger partial charge on any atom is 0.121 e. The average Bonchev–Trinajstić information content (AvgIpc) is 2.17. The topological polar surface area (TPSA) is 52.3 Å². The van der Waals surface area contributed by atoms with Crippen molar-refractivity contribution in [1.29, 1.82) is 0 Å². The molecule has 1 aromatic carbocycles. The minimum Gasteiger partial charge on any atom is -0.493 e. The van der Waals surface area contributed by atoms with Gasteiger partial charge in [0.25, 0.3) is 0 Å². The molecule has 4 heteroatoms. The van der Waals surface area contributed by atoms with Crippen LogP contribution in [0.5, 0.6) is 5.75 Å². The summed E-state index contributed by atoms with van der Waals surface area (Å²) in [5.74, 6) is 1.99. The number of rotatable bonds is 5. The Morgan fingerprint density at radius 3 is 2.93 bits per heavy atom. The van der Waals surface area contributed by atoms with Gasteiger partial charge in [-0.3, -0.25) is 4.21 Å². The second kappa shape index (κ2) is 5.65. The molecule has 0 aliphatic rings. The lowest BCUT2D eigenvalue weighted by Crippen LogP contribution is -2.09. The molecule has 0 aliphatic heterocycles. The maximum atomic E-state index is 11.1. The van der Waals surface area contributed by atoms with Gasteiger partial charge in [-0.2, -0.15) is 0 Å². The van der Waals surface area contributed by atoms with E-state index < -0.39 is 10.8 Å². The SMILES string of the molecule is CCS(=O)CCOc1cccc(N)c1. The Labute approximate surface area is 86.7 Å². The molecule has 0 saturated heterocycles. The zero-order valence-corrected chi connectivity index (χ0v) is 9.05. The first kappa shape index (κ1) is 11.0. The van der Waals surface area contributed by atoms with Crippen molar-refractivity contribution in [2.45, 2.75) is 6.92 Å². The van der Waals surface area contributed by atoms with Gasteiger partial charge in [-0.25, -0.2) is 0 Å². The summed E-state index contributed by atoms with van der Waals surface area (Å²) < 4.78 is 16.5. The van der Waals surface area contributed by atoms with Crippen molar-refractivity contribution in [3.8, 4) is 5.75 Å². The molecule has 1 atom stereocenters. The van der Waals surface area contributed by atoms with Gasteiger partial charge in [-0.05, 0) is 12.1 Å². The van der Waals surface area contributed by atoms with E-state index in [0.717, 1.165) is 5.75 Å². The summed E-state index contributed by atoms with van der Waals surface area (Å²) in [6.07, 6.45) is 0. The van der Waals surface area contributed by atoms with Crippen molar-refractivity contribution < 1.29 is 8.95 Å². The van der Waals surface area contributed by atoms with E-state index >= 15 is 0 Å². The van der Waals surface area contributed by atoms with Gasteiger partial charge in [-0.1, -0.05) is 13.0 Å². The van der Waals surface area contributed by atoms with Crippen molar-refractivity contribution in [3.05, 3.63) is 24.3 Å². The smallest absolute Gasteiger partial charge is 0.121 e. The molecule has 0 heterocycles. The van der Waals surface area contributed by atoms with Gasteiger partial charge in [0.15, 0.2) is 0 Å². The van der Waals surface area contributed by atoms with E-state index in [9.17, 15) is 4.21 Å².